The number of nitrogens with zero attached hydrogens (tertiary/aromatic N) is 1. The van der Waals surface area contributed by atoms with Gasteiger partial charge in [-0.05, 0) is 20.4 Å². The molecule has 0 aromatic carbocycles. The van der Waals surface area contributed by atoms with E-state index in [1.807, 2.05) is 18.9 Å². The zero-order chi connectivity index (χ0) is 11.8. The lowest BCUT2D eigenvalue weighted by Gasteiger charge is -2.25. The van der Waals surface area contributed by atoms with Gasteiger partial charge in [0.2, 0.25) is 5.91 Å². The van der Waals surface area contributed by atoms with Crippen LogP contribution in [0.1, 0.15) is 19.8 Å². The molecule has 0 saturated carbocycles. The van der Waals surface area contributed by atoms with Crippen LogP contribution in [0.4, 0.5) is 0 Å². The van der Waals surface area contributed by atoms with E-state index in [0.717, 1.165) is 32.6 Å². The topological polar surface area (TPSA) is 50.8 Å². The second kappa shape index (κ2) is 7.60. The van der Waals surface area contributed by atoms with E-state index in [1.165, 1.54) is 0 Å². The molecule has 0 aromatic heterocycles. The van der Waals surface area contributed by atoms with Gasteiger partial charge in [0.15, 0.2) is 6.29 Å². The molecule has 0 aliphatic carbocycles. The summed E-state index contributed by atoms with van der Waals surface area (Å²) in [5, 5.41) is 2.77. The van der Waals surface area contributed by atoms with Crippen molar-refractivity contribution in [2.45, 2.75) is 26.1 Å². The van der Waals surface area contributed by atoms with Crippen LogP contribution in [-0.4, -0.2) is 57.0 Å². The van der Waals surface area contributed by atoms with Crippen molar-refractivity contribution < 1.29 is 14.3 Å². The number of nitrogens with one attached hydrogen (secondary N) is 1. The fourth-order valence-electron chi connectivity index (χ4n) is 1.61. The predicted molar refractivity (Wildman–Crippen MR) is 61.1 cm³/mol. The summed E-state index contributed by atoms with van der Waals surface area (Å²) in [5.41, 5.74) is 0. The van der Waals surface area contributed by atoms with Gasteiger partial charge in [-0.15, -0.1) is 0 Å². The lowest BCUT2D eigenvalue weighted by molar-refractivity contribution is -0.182. The van der Waals surface area contributed by atoms with Crippen molar-refractivity contribution in [2.24, 2.45) is 0 Å². The molecule has 0 spiro atoms. The molecule has 94 valence electrons. The number of ether oxygens (including phenoxy) is 2. The fourth-order valence-corrected chi connectivity index (χ4v) is 1.61. The van der Waals surface area contributed by atoms with Crippen molar-refractivity contribution in [1.82, 2.24) is 10.2 Å². The molecule has 1 amide bonds. The average molecular weight is 230 g/mol. The Morgan fingerprint density at radius 2 is 2.12 bits per heavy atom. The number of amides is 1. The van der Waals surface area contributed by atoms with Crippen molar-refractivity contribution in [3.8, 4) is 0 Å². The maximum Gasteiger partial charge on any atom is 0.234 e. The molecule has 1 N–H and O–H groups in total. The summed E-state index contributed by atoms with van der Waals surface area (Å²) in [6, 6.07) is 0. The highest BCUT2D eigenvalue weighted by Crippen LogP contribution is 2.08. The number of carbonyl (C=O) groups is 1. The van der Waals surface area contributed by atoms with Gasteiger partial charge in [0.1, 0.15) is 0 Å². The van der Waals surface area contributed by atoms with Crippen molar-refractivity contribution in [3.63, 3.8) is 0 Å². The Labute approximate surface area is 97.1 Å². The Balaban J connectivity index is 2.08. The van der Waals surface area contributed by atoms with Crippen molar-refractivity contribution in [1.29, 1.82) is 0 Å². The second-order valence-electron chi connectivity index (χ2n) is 4.00. The third kappa shape index (κ3) is 5.44. The molecule has 5 nitrogen and oxygen atoms in total. The van der Waals surface area contributed by atoms with E-state index >= 15 is 0 Å². The number of hydrogen-bond acceptors (Lipinski definition) is 4. The first kappa shape index (κ1) is 13.4. The molecule has 0 bridgehead atoms. The molecule has 1 fully saturated rings. The van der Waals surface area contributed by atoms with E-state index in [0.29, 0.717) is 13.1 Å². The van der Waals surface area contributed by atoms with Crippen molar-refractivity contribution >= 4 is 5.91 Å². The Morgan fingerprint density at radius 1 is 1.44 bits per heavy atom. The molecule has 0 unspecified atom stereocenters. The molecule has 0 radical (unpaired) electrons. The third-order valence-electron chi connectivity index (χ3n) is 2.43. The van der Waals surface area contributed by atoms with E-state index in [-0.39, 0.29) is 12.2 Å². The summed E-state index contributed by atoms with van der Waals surface area (Å²) in [6.45, 7) is 5.40. The van der Waals surface area contributed by atoms with Crippen LogP contribution in [0.3, 0.4) is 0 Å². The highest BCUT2D eigenvalue weighted by molar-refractivity contribution is 5.77. The first-order chi connectivity index (χ1) is 7.72. The summed E-state index contributed by atoms with van der Waals surface area (Å²) >= 11 is 0. The zero-order valence-electron chi connectivity index (χ0n) is 10.2. The van der Waals surface area contributed by atoms with E-state index in [4.69, 9.17) is 9.47 Å². The van der Waals surface area contributed by atoms with Gasteiger partial charge < -0.3 is 14.8 Å². The van der Waals surface area contributed by atoms with Crippen LogP contribution in [0.5, 0.6) is 0 Å². The summed E-state index contributed by atoms with van der Waals surface area (Å²) < 4.78 is 10.9. The van der Waals surface area contributed by atoms with Crippen LogP contribution in [0.25, 0.3) is 0 Å². The van der Waals surface area contributed by atoms with E-state index in [9.17, 15) is 4.79 Å². The van der Waals surface area contributed by atoms with Gasteiger partial charge in [0, 0.05) is 19.5 Å². The van der Waals surface area contributed by atoms with Gasteiger partial charge in [0.25, 0.3) is 0 Å². The van der Waals surface area contributed by atoms with Crippen LogP contribution in [0.2, 0.25) is 0 Å². The van der Waals surface area contributed by atoms with Gasteiger partial charge in [-0.2, -0.15) is 0 Å². The van der Waals surface area contributed by atoms with Crippen molar-refractivity contribution in [2.75, 3.05) is 39.9 Å². The molecule has 16 heavy (non-hydrogen) atoms. The number of carbonyl (C=O) groups excluding carboxylic acids is 1. The molecular formula is C11H22N2O3. The minimum absolute atomic E-state index is 0.0653. The predicted octanol–water partition coefficient (Wildman–Crippen LogP) is 0.207. The molecule has 0 aromatic rings. The summed E-state index contributed by atoms with van der Waals surface area (Å²) in [7, 11) is 1.93. The van der Waals surface area contributed by atoms with Gasteiger partial charge >= 0.3 is 0 Å². The molecule has 1 rings (SSSR count). The lowest BCUT2D eigenvalue weighted by Crippen LogP contribution is -2.37. The highest BCUT2D eigenvalue weighted by Gasteiger charge is 2.15. The third-order valence-corrected chi connectivity index (χ3v) is 2.43. The second-order valence-corrected chi connectivity index (χ2v) is 4.00. The normalized spacial score (nSPS) is 17.7. The van der Waals surface area contributed by atoms with Crippen molar-refractivity contribution in [3.05, 3.63) is 0 Å². The first-order valence-corrected chi connectivity index (χ1v) is 5.91. The van der Waals surface area contributed by atoms with Crippen LogP contribution >= 0.6 is 0 Å². The monoisotopic (exact) mass is 230 g/mol. The largest absolute Gasteiger partial charge is 0.355 e. The zero-order valence-corrected chi connectivity index (χ0v) is 10.2. The highest BCUT2D eigenvalue weighted by atomic mass is 16.7. The fraction of sp³-hybridized carbons (Fsp3) is 0.909. The summed E-state index contributed by atoms with van der Waals surface area (Å²) in [6.07, 6.45) is 1.70. The van der Waals surface area contributed by atoms with Gasteiger partial charge in [-0.1, -0.05) is 0 Å². The van der Waals surface area contributed by atoms with Crippen LogP contribution < -0.4 is 5.32 Å². The molecule has 1 saturated heterocycles. The smallest absolute Gasteiger partial charge is 0.234 e. The maximum absolute atomic E-state index is 11.3. The van der Waals surface area contributed by atoms with Gasteiger partial charge in [-0.25, -0.2) is 0 Å². The Kier molecular flexibility index (Phi) is 6.37. The Morgan fingerprint density at radius 3 is 2.75 bits per heavy atom. The van der Waals surface area contributed by atoms with Crippen LogP contribution in [-0.2, 0) is 14.3 Å². The van der Waals surface area contributed by atoms with Gasteiger partial charge in [0.05, 0.1) is 19.8 Å². The van der Waals surface area contributed by atoms with E-state index in [1.54, 1.807) is 0 Å². The average Bonchev–Trinajstić information content (AvgIpc) is 2.28. The Bertz CT molecular complexity index is 205. The SMILES string of the molecule is CCNC(=O)CN(C)CCC1OCCCO1. The number of rotatable bonds is 6. The molecule has 1 heterocycles. The number of hydrogen-bond donors (Lipinski definition) is 1. The summed E-state index contributed by atoms with van der Waals surface area (Å²) in [4.78, 5) is 13.3. The number of likely N-dealkylation sites (N-methyl/N-ethyl adjacent to an activating group) is 2. The quantitative estimate of drug-likeness (QED) is 0.708. The van der Waals surface area contributed by atoms with Crippen LogP contribution in [0, 0.1) is 0 Å². The van der Waals surface area contributed by atoms with E-state index in [2.05, 4.69) is 5.32 Å². The molecular weight excluding hydrogens is 208 g/mol. The molecule has 1 aliphatic rings. The summed E-state index contributed by atoms with van der Waals surface area (Å²) in [5.74, 6) is 0.0653. The molecule has 0 atom stereocenters. The maximum atomic E-state index is 11.3. The first-order valence-electron chi connectivity index (χ1n) is 5.91. The molecule has 1 aliphatic heterocycles. The van der Waals surface area contributed by atoms with E-state index < -0.39 is 0 Å². The van der Waals surface area contributed by atoms with Gasteiger partial charge in [-0.3, -0.25) is 9.69 Å². The minimum atomic E-state index is -0.0922. The molecule has 5 heteroatoms. The minimum Gasteiger partial charge on any atom is -0.355 e. The van der Waals surface area contributed by atoms with Crippen LogP contribution in [0.15, 0.2) is 0 Å². The lowest BCUT2D eigenvalue weighted by atomic mass is 10.3. The Hall–Kier alpha value is -0.650. The standard InChI is InChI=1S/C11H22N2O3/c1-3-12-10(14)9-13(2)6-5-11-15-7-4-8-16-11/h11H,3-9H2,1-2H3,(H,12,14).